The number of H-pyrrole nitrogens is 1. The second kappa shape index (κ2) is 39.1. The number of hydrogen-bond donors (Lipinski definition) is 18. The summed E-state index contributed by atoms with van der Waals surface area (Å²) in [6.07, 6.45) is 3.43. The lowest BCUT2D eigenvalue weighted by Gasteiger charge is -2.29. The first kappa shape index (κ1) is 78.9. The molecule has 0 bridgehead atoms. The molecule has 2 heterocycles. The van der Waals surface area contributed by atoms with E-state index >= 15 is 0 Å². The van der Waals surface area contributed by atoms with E-state index in [-0.39, 0.29) is 56.3 Å². The van der Waals surface area contributed by atoms with E-state index in [0.29, 0.717) is 36.5 Å². The van der Waals surface area contributed by atoms with E-state index in [4.69, 9.17) is 32.4 Å². The van der Waals surface area contributed by atoms with Crippen LogP contribution in [0.4, 0.5) is 0 Å². The zero-order valence-corrected chi connectivity index (χ0v) is 52.6. The Bertz CT molecular complexity index is 2770. The standard InChI is InChI=1S/C55H90N18O19/c1-29(2)18-32(70-52(90)38(22-56)73-42(79)11-12-43(73)80)48(86)71-36(26-74)46(84)64-25-41(78)66-31(10-8-15-62-53(58)59)47(85)72-37(27-75)51(89)69-35(21-44(81)82)50(88)68-34(20-39(57)76)49(87)67-33(19-30-23-60-28-65-30)45(83)63-24-40(77)61-16-9-13-55(5,6)92-17-14-54(3,4)91-7/h11-12,23,28-29,31-38,74-75H,8-10,13-22,24-27,56H2,1-7H3,(H2,57,76)(H,60,65)(H,61,77)(H,63,83)(H,64,84)(H,66,78)(H,67,87)(H,68,88)(H,69,89)(H,70,90)(H,71,86)(H,72,85)(H,81,82)(H4,58,59,62)/t31-,32-,33-,34-,35-,36-,37-,38-/m0/s1. The third kappa shape index (κ3) is 29.2. The Morgan fingerprint density at radius 3 is 1.67 bits per heavy atom. The number of ether oxygens (including phenoxy) is 2. The number of nitrogens with two attached hydrogens (primary N) is 4. The van der Waals surface area contributed by atoms with Crippen LogP contribution in [0.1, 0.15) is 98.6 Å². The molecule has 22 N–H and O–H groups in total. The highest BCUT2D eigenvalue weighted by molar-refractivity contribution is 6.15. The predicted octanol–water partition coefficient (Wildman–Crippen LogP) is -8.23. The summed E-state index contributed by atoms with van der Waals surface area (Å²) in [7, 11) is 1.61. The zero-order chi connectivity index (χ0) is 69.5. The van der Waals surface area contributed by atoms with Gasteiger partial charge >= 0.3 is 5.97 Å². The van der Waals surface area contributed by atoms with Crippen LogP contribution in [0.2, 0.25) is 0 Å². The van der Waals surface area contributed by atoms with E-state index in [1.165, 1.54) is 12.5 Å². The molecular formula is C55H90N18O19. The summed E-state index contributed by atoms with van der Waals surface area (Å²) in [5.41, 5.74) is 21.4. The molecule has 8 atom stereocenters. The fraction of sp³-hybridized carbons (Fsp3) is 0.636. The van der Waals surface area contributed by atoms with Crippen molar-refractivity contribution in [3.63, 3.8) is 0 Å². The topological polar surface area (TPSA) is 587 Å². The SMILES string of the molecule is COC(C)(C)CCOC(C)(C)CCCNC(=O)CNC(=O)[C@H](Cc1cnc[nH]1)NC(=O)[C@H](CC(N)=O)NC(=O)[C@H](CC(=O)O)NC(=O)[C@H](CO)NC(=O)[C@H](CCCN=C(N)N)NC(=O)CNC(=O)[C@H](CO)NC(=O)[C@H](CC(C)C)NC(=O)[C@H](CN)N1C(=O)C=CC1=O. The van der Waals surface area contributed by atoms with Crippen LogP contribution in [0.5, 0.6) is 0 Å². The number of aromatic nitrogens is 2. The summed E-state index contributed by atoms with van der Waals surface area (Å²) >= 11 is 0. The van der Waals surface area contributed by atoms with Crippen LogP contribution in [0, 0.1) is 5.92 Å². The van der Waals surface area contributed by atoms with Crippen molar-refractivity contribution in [3.05, 3.63) is 30.4 Å². The molecule has 1 aliphatic heterocycles. The van der Waals surface area contributed by atoms with Crippen LogP contribution in [0.3, 0.4) is 0 Å². The van der Waals surface area contributed by atoms with E-state index in [0.717, 1.165) is 12.2 Å². The minimum atomic E-state index is -2.12. The molecule has 13 amide bonds. The molecule has 37 nitrogen and oxygen atoms in total. The lowest BCUT2D eigenvalue weighted by Crippen LogP contribution is -2.61. The van der Waals surface area contributed by atoms with Crippen molar-refractivity contribution in [1.29, 1.82) is 0 Å². The van der Waals surface area contributed by atoms with E-state index in [1.807, 2.05) is 33.0 Å². The first-order valence-electron chi connectivity index (χ1n) is 29.3. The van der Waals surface area contributed by atoms with Gasteiger partial charge in [-0.15, -0.1) is 0 Å². The highest BCUT2D eigenvalue weighted by Gasteiger charge is 2.39. The fourth-order valence-corrected chi connectivity index (χ4v) is 8.54. The Morgan fingerprint density at radius 1 is 0.641 bits per heavy atom. The Balaban J connectivity index is 2.20. The van der Waals surface area contributed by atoms with Crippen LogP contribution in [-0.2, 0) is 83.0 Å². The average molecular weight is 1310 g/mol. The molecule has 514 valence electrons. The van der Waals surface area contributed by atoms with Gasteiger partial charge in [0.05, 0.1) is 63.3 Å². The van der Waals surface area contributed by atoms with Crippen LogP contribution in [0.15, 0.2) is 29.7 Å². The van der Waals surface area contributed by atoms with Gasteiger partial charge in [-0.2, -0.15) is 0 Å². The van der Waals surface area contributed by atoms with Crippen molar-refractivity contribution in [3.8, 4) is 0 Å². The van der Waals surface area contributed by atoms with Gasteiger partial charge in [-0.05, 0) is 72.1 Å². The lowest BCUT2D eigenvalue weighted by atomic mass is 10.0. The molecule has 0 spiro atoms. The van der Waals surface area contributed by atoms with E-state index < -0.39 is 182 Å². The number of nitrogens with one attached hydrogen (secondary N) is 11. The van der Waals surface area contributed by atoms with Crippen LogP contribution < -0.4 is 76.1 Å². The lowest BCUT2D eigenvalue weighted by molar-refractivity contribution is -0.145. The number of carbonyl (C=O) groups excluding carboxylic acids is 13. The number of aliphatic hydroxyl groups is 2. The monoisotopic (exact) mass is 1310 g/mol. The number of carbonyl (C=O) groups is 14. The molecule has 2 rings (SSSR count). The maximum Gasteiger partial charge on any atom is 0.305 e. The number of primary amides is 1. The normalized spacial score (nSPS) is 14.8. The third-order valence-electron chi connectivity index (χ3n) is 13.8. The summed E-state index contributed by atoms with van der Waals surface area (Å²) in [6.45, 7) is 7.40. The number of carboxylic acids is 1. The minimum absolute atomic E-state index is 0.0305. The minimum Gasteiger partial charge on any atom is -0.481 e. The van der Waals surface area contributed by atoms with Gasteiger partial charge in [-0.1, -0.05) is 13.8 Å². The molecule has 1 aromatic heterocycles. The van der Waals surface area contributed by atoms with E-state index in [9.17, 15) is 82.4 Å². The number of carboxylic acid groups (broad SMARTS) is 1. The molecule has 0 aliphatic carbocycles. The Morgan fingerprint density at radius 2 is 1.15 bits per heavy atom. The maximum absolute atomic E-state index is 13.9. The molecule has 0 radical (unpaired) electrons. The number of aromatic amines is 1. The van der Waals surface area contributed by atoms with Gasteiger partial charge in [-0.25, -0.2) is 4.98 Å². The summed E-state index contributed by atoms with van der Waals surface area (Å²) in [5.74, 6) is -16.0. The average Bonchev–Trinajstić information content (AvgIpc) is 1.62. The predicted molar refractivity (Wildman–Crippen MR) is 323 cm³/mol. The number of aliphatic carboxylic acids is 1. The third-order valence-corrected chi connectivity index (χ3v) is 13.8. The van der Waals surface area contributed by atoms with Crippen molar-refractivity contribution >= 4 is 88.7 Å². The highest BCUT2D eigenvalue weighted by Crippen LogP contribution is 2.20. The first-order valence-corrected chi connectivity index (χ1v) is 29.3. The fourth-order valence-electron chi connectivity index (χ4n) is 8.54. The van der Waals surface area contributed by atoms with Crippen molar-refractivity contribution in [1.82, 2.24) is 68.0 Å². The number of rotatable bonds is 44. The summed E-state index contributed by atoms with van der Waals surface area (Å²) < 4.78 is 11.4. The molecule has 37 heteroatoms. The van der Waals surface area contributed by atoms with Gasteiger partial charge in [-0.3, -0.25) is 77.0 Å². The van der Waals surface area contributed by atoms with Gasteiger partial charge < -0.3 is 106 Å². The van der Waals surface area contributed by atoms with Gasteiger partial charge in [0.1, 0.15) is 48.3 Å². The number of methoxy groups -OCH3 is 1. The van der Waals surface area contributed by atoms with Gasteiger partial charge in [0.2, 0.25) is 65.0 Å². The number of aliphatic imine (C=N–C) groups is 1. The molecule has 1 aliphatic rings. The molecular weight excluding hydrogens is 1220 g/mol. The Labute approximate surface area is 530 Å². The van der Waals surface area contributed by atoms with Crippen molar-refractivity contribution in [2.45, 2.75) is 159 Å². The summed E-state index contributed by atoms with van der Waals surface area (Å²) in [6, 6.07) is -13.8. The smallest absolute Gasteiger partial charge is 0.305 e. The molecule has 0 saturated carbocycles. The number of aliphatic hydroxyl groups excluding tert-OH is 2. The van der Waals surface area contributed by atoms with Crippen molar-refractivity contribution < 1.29 is 91.9 Å². The quantitative estimate of drug-likeness (QED) is 0.0125. The largest absolute Gasteiger partial charge is 0.481 e. The van der Waals surface area contributed by atoms with Crippen molar-refractivity contribution in [2.24, 2.45) is 33.8 Å². The highest BCUT2D eigenvalue weighted by atomic mass is 16.5. The molecule has 0 unspecified atom stereocenters. The number of hydrogen-bond acceptors (Lipinski definition) is 21. The van der Waals surface area contributed by atoms with Gasteiger partial charge in [0.15, 0.2) is 5.96 Å². The van der Waals surface area contributed by atoms with Crippen molar-refractivity contribution in [2.75, 3.05) is 59.7 Å². The van der Waals surface area contributed by atoms with E-state index in [2.05, 4.69) is 62.8 Å². The second-order valence-corrected chi connectivity index (χ2v) is 22.8. The molecule has 0 fully saturated rings. The number of amides is 13. The first-order chi connectivity index (χ1) is 43.2. The Hall–Kier alpha value is -9.20. The van der Waals surface area contributed by atoms with Crippen LogP contribution in [0.25, 0.3) is 0 Å². The molecule has 92 heavy (non-hydrogen) atoms. The molecule has 0 aromatic carbocycles. The number of imide groups is 1. The maximum atomic E-state index is 13.9. The summed E-state index contributed by atoms with van der Waals surface area (Å²) in [5, 5.41) is 53.1. The zero-order valence-electron chi connectivity index (χ0n) is 52.6. The number of imidazole rings is 1. The number of guanidine groups is 1. The van der Waals surface area contributed by atoms with E-state index in [1.54, 1.807) is 21.0 Å². The van der Waals surface area contributed by atoms with Gasteiger partial charge in [0.25, 0.3) is 11.8 Å². The van der Waals surface area contributed by atoms with Crippen LogP contribution >= 0.6 is 0 Å². The molecule has 0 saturated heterocycles. The second-order valence-electron chi connectivity index (χ2n) is 22.8. The number of nitrogens with zero attached hydrogens (tertiary/aromatic N) is 3. The van der Waals surface area contributed by atoms with Crippen LogP contribution in [-0.4, -0.2) is 238 Å². The van der Waals surface area contributed by atoms with Gasteiger partial charge in [0, 0.05) is 57.2 Å². The molecule has 1 aromatic rings. The Kier molecular flexibility index (Phi) is 33.6. The summed E-state index contributed by atoms with van der Waals surface area (Å²) in [4.78, 5) is 195.